The van der Waals surface area contributed by atoms with Crippen LogP contribution in [0.25, 0.3) is 0 Å². The van der Waals surface area contributed by atoms with Gasteiger partial charge in [-0.25, -0.2) is 37.5 Å². The number of benzene rings is 4. The number of nitrogens with zero attached hydrogens (tertiary/aromatic N) is 8. The summed E-state index contributed by atoms with van der Waals surface area (Å²) >= 11 is 0. The number of hydrogen-bond donors (Lipinski definition) is 4. The van der Waals surface area contributed by atoms with Crippen LogP contribution in [0, 0.1) is 23.3 Å². The van der Waals surface area contributed by atoms with E-state index >= 15 is 0 Å². The first kappa shape index (κ1) is 45.9. The van der Waals surface area contributed by atoms with Gasteiger partial charge in [-0.2, -0.15) is 0 Å². The Bertz CT molecular complexity index is 2320. The van der Waals surface area contributed by atoms with E-state index < -0.39 is 0 Å². The fraction of sp³-hybridized carbons (Fsp3) is 0. The largest absolute Gasteiger partial charge is 0.321 e. The molecule has 0 aliphatic carbocycles. The lowest BCUT2D eigenvalue weighted by atomic mass is 10.3. The maximum absolute atomic E-state index is 12.6. The highest BCUT2D eigenvalue weighted by Gasteiger charge is 2.10. The predicted octanol–water partition coefficient (Wildman–Crippen LogP) is 7.47. The van der Waals surface area contributed by atoms with Gasteiger partial charge in [-0.15, -0.1) is 0 Å². The summed E-state index contributed by atoms with van der Waals surface area (Å²) in [5, 5.41) is 10.3. The number of halogens is 4. The molecule has 0 aliphatic rings. The van der Waals surface area contributed by atoms with E-state index in [1.165, 1.54) is 171 Å². The van der Waals surface area contributed by atoms with E-state index in [2.05, 4.69) is 61.1 Å². The Labute approximate surface area is 361 Å². The first-order chi connectivity index (χ1) is 31.0. The number of hydrogen-bond acceptors (Lipinski definition) is 12. The fourth-order valence-corrected chi connectivity index (χ4v) is 4.58. The molecule has 4 heterocycles. The molecule has 0 atom stereocenters. The zero-order chi connectivity index (χ0) is 45.5. The van der Waals surface area contributed by atoms with Gasteiger partial charge in [0.05, 0.1) is 24.8 Å². The van der Waals surface area contributed by atoms with E-state index in [0.29, 0.717) is 22.7 Å². The summed E-state index contributed by atoms with van der Waals surface area (Å²) in [6.07, 6.45) is 17.1. The van der Waals surface area contributed by atoms with Crippen molar-refractivity contribution in [1.82, 2.24) is 39.9 Å². The van der Waals surface area contributed by atoms with E-state index in [1.54, 1.807) is 0 Å². The number of carbonyl (C=O) groups is 4. The average Bonchev–Trinajstić information content (AvgIpc) is 3.33. The summed E-state index contributed by atoms with van der Waals surface area (Å²) < 4.78 is 50.4. The standard InChI is InChI=1S/4C11H8FN3O/c4*12-8-1-3-9(4-2-8)15-11(16)10-7-13-5-6-14-10/h4*1-7H,(H,15,16). The zero-order valence-corrected chi connectivity index (χ0v) is 32.9. The third kappa shape index (κ3) is 15.8. The number of aromatic nitrogens is 8. The Kier molecular flexibility index (Phi) is 17.3. The fourth-order valence-electron chi connectivity index (χ4n) is 4.58. The molecule has 4 aromatic carbocycles. The summed E-state index contributed by atoms with van der Waals surface area (Å²) in [5.41, 5.74) is 2.90. The topological polar surface area (TPSA) is 220 Å². The van der Waals surface area contributed by atoms with Crippen molar-refractivity contribution in [2.24, 2.45) is 0 Å². The van der Waals surface area contributed by atoms with Gasteiger partial charge < -0.3 is 21.3 Å². The van der Waals surface area contributed by atoms with Crippen LogP contribution >= 0.6 is 0 Å². The van der Waals surface area contributed by atoms with Gasteiger partial charge in [0.15, 0.2) is 0 Å². The van der Waals surface area contributed by atoms with Crippen LogP contribution in [0.15, 0.2) is 171 Å². The highest BCUT2D eigenvalue weighted by Crippen LogP contribution is 2.12. The second-order valence-corrected chi connectivity index (χ2v) is 12.2. The van der Waals surface area contributed by atoms with Crippen LogP contribution in [-0.4, -0.2) is 63.5 Å². The van der Waals surface area contributed by atoms with Crippen LogP contribution in [0.1, 0.15) is 42.0 Å². The highest BCUT2D eigenvalue weighted by atomic mass is 19.1. The molecule has 16 nitrogen and oxygen atoms in total. The van der Waals surface area contributed by atoms with Gasteiger partial charge in [0, 0.05) is 72.3 Å². The molecule has 0 unspecified atom stereocenters. The van der Waals surface area contributed by atoms with Crippen LogP contribution < -0.4 is 21.3 Å². The van der Waals surface area contributed by atoms with Gasteiger partial charge in [-0.05, 0) is 97.1 Å². The van der Waals surface area contributed by atoms with E-state index in [4.69, 9.17) is 0 Å². The van der Waals surface area contributed by atoms with Gasteiger partial charge in [0.1, 0.15) is 46.0 Å². The number of nitrogens with one attached hydrogen (secondary N) is 4. The average molecular weight is 869 g/mol. The van der Waals surface area contributed by atoms with Crippen LogP contribution in [0.2, 0.25) is 0 Å². The van der Waals surface area contributed by atoms with Gasteiger partial charge in [-0.1, -0.05) is 0 Å². The minimum absolute atomic E-state index is 0.215. The van der Waals surface area contributed by atoms with Crippen molar-refractivity contribution in [3.63, 3.8) is 0 Å². The molecule has 0 aliphatic heterocycles. The van der Waals surface area contributed by atoms with E-state index in [1.807, 2.05) is 0 Å². The molecule has 8 rings (SSSR count). The molecule has 0 fully saturated rings. The third-order valence-electron chi connectivity index (χ3n) is 7.59. The smallest absolute Gasteiger partial charge is 0.275 e. The molecule has 4 N–H and O–H groups in total. The molecule has 0 spiro atoms. The van der Waals surface area contributed by atoms with Crippen molar-refractivity contribution >= 4 is 46.4 Å². The summed E-state index contributed by atoms with van der Waals surface area (Å²) in [6.45, 7) is 0. The third-order valence-corrected chi connectivity index (χ3v) is 7.59. The van der Waals surface area contributed by atoms with Gasteiger partial charge in [0.25, 0.3) is 23.6 Å². The SMILES string of the molecule is O=C(Nc1ccc(F)cc1)c1cnccn1.O=C(Nc1ccc(F)cc1)c1cnccn1.O=C(Nc1ccc(F)cc1)c1cnccn1.O=C(Nc1ccc(F)cc1)c1cnccn1. The van der Waals surface area contributed by atoms with Gasteiger partial charge in [-0.3, -0.25) is 39.1 Å². The molecular weight excluding hydrogens is 837 g/mol. The van der Waals surface area contributed by atoms with Crippen molar-refractivity contribution < 1.29 is 36.7 Å². The molecule has 320 valence electrons. The summed E-state index contributed by atoms with van der Waals surface area (Å²) in [7, 11) is 0. The highest BCUT2D eigenvalue weighted by molar-refractivity contribution is 6.04. The Morgan fingerprint density at radius 2 is 0.484 bits per heavy atom. The number of carbonyl (C=O) groups excluding carboxylic acids is 4. The Hall–Kier alpha value is -9.20. The summed E-state index contributed by atoms with van der Waals surface area (Å²) in [5.74, 6) is -2.90. The first-order valence-corrected chi connectivity index (χ1v) is 18.3. The van der Waals surface area contributed by atoms with E-state index in [0.717, 1.165) is 0 Å². The molecular formula is C44H32F4N12O4. The van der Waals surface area contributed by atoms with Crippen molar-refractivity contribution in [3.05, 3.63) is 217 Å². The van der Waals surface area contributed by atoms with Crippen molar-refractivity contribution in [1.29, 1.82) is 0 Å². The lowest BCUT2D eigenvalue weighted by Gasteiger charge is -2.03. The maximum Gasteiger partial charge on any atom is 0.275 e. The van der Waals surface area contributed by atoms with E-state index in [9.17, 15) is 36.7 Å². The molecule has 0 bridgehead atoms. The molecule has 0 saturated heterocycles. The quantitative estimate of drug-likeness (QED) is 0.109. The first-order valence-electron chi connectivity index (χ1n) is 18.3. The Morgan fingerprint density at radius 1 is 0.297 bits per heavy atom. The monoisotopic (exact) mass is 868 g/mol. The number of rotatable bonds is 8. The van der Waals surface area contributed by atoms with Crippen LogP contribution in [0.5, 0.6) is 0 Å². The molecule has 64 heavy (non-hydrogen) atoms. The molecule has 4 aromatic heterocycles. The van der Waals surface area contributed by atoms with Gasteiger partial charge in [0.2, 0.25) is 0 Å². The molecule has 20 heteroatoms. The van der Waals surface area contributed by atoms with Crippen molar-refractivity contribution in [3.8, 4) is 0 Å². The van der Waals surface area contributed by atoms with Crippen molar-refractivity contribution in [2.45, 2.75) is 0 Å². The van der Waals surface area contributed by atoms with Crippen LogP contribution in [0.3, 0.4) is 0 Å². The second kappa shape index (κ2) is 24.2. The summed E-state index contributed by atoms with van der Waals surface area (Å²) in [6, 6.07) is 22.0. The minimum Gasteiger partial charge on any atom is -0.321 e. The Balaban J connectivity index is 0.000000161. The van der Waals surface area contributed by atoms with Gasteiger partial charge >= 0.3 is 0 Å². The molecule has 0 radical (unpaired) electrons. The lowest BCUT2D eigenvalue weighted by Crippen LogP contribution is -2.13. The molecule has 4 amide bonds. The minimum atomic E-state index is -0.375. The van der Waals surface area contributed by atoms with Crippen LogP contribution in [0.4, 0.5) is 40.3 Å². The molecule has 8 aromatic rings. The van der Waals surface area contributed by atoms with Crippen LogP contribution in [-0.2, 0) is 0 Å². The van der Waals surface area contributed by atoms with Crippen molar-refractivity contribution in [2.75, 3.05) is 21.3 Å². The lowest BCUT2D eigenvalue weighted by molar-refractivity contribution is 0.101. The maximum atomic E-state index is 12.6. The number of anilines is 4. The predicted molar refractivity (Wildman–Crippen MR) is 226 cm³/mol. The zero-order valence-electron chi connectivity index (χ0n) is 32.9. The Morgan fingerprint density at radius 3 is 0.641 bits per heavy atom. The van der Waals surface area contributed by atoms with E-state index in [-0.39, 0.29) is 69.7 Å². The molecule has 0 saturated carbocycles. The normalized spacial score (nSPS) is 9.81. The number of amides is 4. The second-order valence-electron chi connectivity index (χ2n) is 12.2. The summed E-state index contributed by atoms with van der Waals surface area (Å²) in [4.78, 5) is 76.9.